The first kappa shape index (κ1) is 16.5. The van der Waals surface area contributed by atoms with Crippen molar-refractivity contribution in [1.82, 2.24) is 0 Å². The molecule has 2 aliphatic rings. The molecule has 2 unspecified atom stereocenters. The number of halogens is 1. The number of nitrogens with two attached hydrogens (primary N) is 1. The predicted molar refractivity (Wildman–Crippen MR) is 91.8 cm³/mol. The molecule has 0 spiro atoms. The van der Waals surface area contributed by atoms with E-state index in [2.05, 4.69) is 6.92 Å². The number of benzene rings is 1. The standard InChI is InChI=1S/C18H23ClN2O2/c1-2-12(20)9-10-16-21-18(13-6-3-4-7-14(13)19)11-5-8-15(23-16)17(18)22/h3-4,6-7,12,15H,2,5,8-11,20H2,1H3/t12?,15-,18?/m0/s1. The number of carbonyl (C=O) groups is 1. The fraction of sp³-hybridized carbons (Fsp3) is 0.556. The smallest absolute Gasteiger partial charge is 0.205 e. The first-order chi connectivity index (χ1) is 11.1. The van der Waals surface area contributed by atoms with Gasteiger partial charge in [0.25, 0.3) is 0 Å². The van der Waals surface area contributed by atoms with Gasteiger partial charge >= 0.3 is 0 Å². The van der Waals surface area contributed by atoms with E-state index in [4.69, 9.17) is 27.1 Å². The molecule has 1 aromatic carbocycles. The minimum atomic E-state index is -0.870. The van der Waals surface area contributed by atoms with Gasteiger partial charge in [-0.15, -0.1) is 0 Å². The van der Waals surface area contributed by atoms with Gasteiger partial charge in [0.1, 0.15) is 0 Å². The molecule has 23 heavy (non-hydrogen) atoms. The summed E-state index contributed by atoms with van der Waals surface area (Å²) < 4.78 is 5.85. The number of Topliss-reactive ketones (excluding diaryl/α,β-unsaturated/α-hetero) is 1. The molecule has 3 atom stereocenters. The lowest BCUT2D eigenvalue weighted by Gasteiger charge is -2.41. The average molecular weight is 335 g/mol. The largest absolute Gasteiger partial charge is 0.470 e. The highest BCUT2D eigenvalue weighted by Crippen LogP contribution is 2.44. The van der Waals surface area contributed by atoms with E-state index in [1.165, 1.54) is 0 Å². The maximum Gasteiger partial charge on any atom is 0.205 e. The topological polar surface area (TPSA) is 64.7 Å². The third-order valence-electron chi connectivity index (χ3n) is 4.87. The number of hydrogen-bond acceptors (Lipinski definition) is 4. The van der Waals surface area contributed by atoms with Gasteiger partial charge in [-0.05, 0) is 38.2 Å². The van der Waals surface area contributed by atoms with Gasteiger partial charge in [-0.1, -0.05) is 36.7 Å². The van der Waals surface area contributed by atoms with Gasteiger partial charge in [0, 0.05) is 23.0 Å². The first-order valence-electron chi connectivity index (χ1n) is 8.37. The van der Waals surface area contributed by atoms with E-state index in [-0.39, 0.29) is 11.8 Å². The van der Waals surface area contributed by atoms with Gasteiger partial charge < -0.3 is 10.5 Å². The van der Waals surface area contributed by atoms with E-state index >= 15 is 0 Å². The van der Waals surface area contributed by atoms with Gasteiger partial charge in [-0.25, -0.2) is 4.99 Å². The lowest BCUT2D eigenvalue weighted by molar-refractivity contribution is -0.137. The zero-order valence-electron chi connectivity index (χ0n) is 13.4. The zero-order chi connectivity index (χ0) is 16.4. The van der Waals surface area contributed by atoms with Crippen LogP contribution in [0.4, 0.5) is 0 Å². The number of carbonyl (C=O) groups excluding carboxylic acids is 1. The van der Waals surface area contributed by atoms with Gasteiger partial charge in [0.2, 0.25) is 5.78 Å². The SMILES string of the molecule is CCC(N)CCC1=NC2(c3ccccc3Cl)CCC[C@H](O1)C2=O. The van der Waals surface area contributed by atoms with E-state index in [9.17, 15) is 4.79 Å². The molecule has 4 nitrogen and oxygen atoms in total. The summed E-state index contributed by atoms with van der Waals surface area (Å²) in [6.07, 6.45) is 4.37. The van der Waals surface area contributed by atoms with Crippen molar-refractivity contribution in [3.05, 3.63) is 34.9 Å². The molecule has 0 amide bonds. The Labute approximate surface area is 142 Å². The molecule has 124 valence electrons. The van der Waals surface area contributed by atoms with Crippen LogP contribution in [0.5, 0.6) is 0 Å². The summed E-state index contributed by atoms with van der Waals surface area (Å²) >= 11 is 6.38. The van der Waals surface area contributed by atoms with Crippen LogP contribution in [0.15, 0.2) is 29.3 Å². The molecule has 1 aromatic rings. The summed E-state index contributed by atoms with van der Waals surface area (Å²) in [4.78, 5) is 17.7. The van der Waals surface area contributed by atoms with Crippen molar-refractivity contribution in [3.63, 3.8) is 0 Å². The molecule has 0 saturated heterocycles. The summed E-state index contributed by atoms with van der Waals surface area (Å²) in [7, 11) is 0. The van der Waals surface area contributed by atoms with Crippen LogP contribution in [0.25, 0.3) is 0 Å². The predicted octanol–water partition coefficient (Wildman–Crippen LogP) is 3.60. The van der Waals surface area contributed by atoms with Crippen LogP contribution in [0.3, 0.4) is 0 Å². The van der Waals surface area contributed by atoms with E-state index in [1.807, 2.05) is 24.3 Å². The van der Waals surface area contributed by atoms with Crippen molar-refractivity contribution >= 4 is 23.3 Å². The molecule has 0 aromatic heterocycles. The van der Waals surface area contributed by atoms with E-state index in [1.54, 1.807) is 0 Å². The number of rotatable bonds is 5. The second-order valence-electron chi connectivity index (χ2n) is 6.42. The first-order valence-corrected chi connectivity index (χ1v) is 8.75. The van der Waals surface area contributed by atoms with Crippen molar-refractivity contribution in [2.45, 2.75) is 63.1 Å². The Balaban J connectivity index is 1.97. The van der Waals surface area contributed by atoms with Crippen molar-refractivity contribution < 1.29 is 9.53 Å². The highest BCUT2D eigenvalue weighted by molar-refractivity contribution is 6.32. The molecule has 1 fully saturated rings. The Kier molecular flexibility index (Phi) is 4.74. The molecule has 2 N–H and O–H groups in total. The lowest BCUT2D eigenvalue weighted by Crippen LogP contribution is -2.51. The van der Waals surface area contributed by atoms with Gasteiger partial charge in [-0.2, -0.15) is 0 Å². The van der Waals surface area contributed by atoms with Crippen LogP contribution in [0.2, 0.25) is 5.02 Å². The molecule has 5 heteroatoms. The molecule has 1 saturated carbocycles. The van der Waals surface area contributed by atoms with E-state index in [0.717, 1.165) is 31.2 Å². The Morgan fingerprint density at radius 1 is 1.48 bits per heavy atom. The number of nitrogens with zero attached hydrogens (tertiary/aromatic N) is 1. The van der Waals surface area contributed by atoms with Gasteiger partial charge in [0.15, 0.2) is 17.5 Å². The van der Waals surface area contributed by atoms with Crippen LogP contribution in [-0.2, 0) is 15.1 Å². The van der Waals surface area contributed by atoms with Crippen LogP contribution >= 0.6 is 11.6 Å². The lowest BCUT2D eigenvalue weighted by atomic mass is 9.74. The summed E-state index contributed by atoms with van der Waals surface area (Å²) in [5.74, 6) is 0.693. The second-order valence-corrected chi connectivity index (χ2v) is 6.82. The summed E-state index contributed by atoms with van der Waals surface area (Å²) in [6.45, 7) is 2.07. The Bertz CT molecular complexity index is 631. The van der Waals surface area contributed by atoms with Gasteiger partial charge in [0.05, 0.1) is 0 Å². The summed E-state index contributed by atoms with van der Waals surface area (Å²) in [5.41, 5.74) is 5.94. The number of ketones is 1. The van der Waals surface area contributed by atoms with Crippen molar-refractivity contribution in [1.29, 1.82) is 0 Å². The fourth-order valence-electron chi connectivity index (χ4n) is 3.44. The maximum atomic E-state index is 12.9. The number of ether oxygens (including phenoxy) is 1. The molecule has 2 bridgehead atoms. The molecule has 1 heterocycles. The Morgan fingerprint density at radius 3 is 3.00 bits per heavy atom. The minimum Gasteiger partial charge on any atom is -0.470 e. The minimum absolute atomic E-state index is 0.0420. The number of fused-ring (bicyclic) bond motifs is 2. The van der Waals surface area contributed by atoms with Crippen LogP contribution in [0, 0.1) is 0 Å². The molecule has 1 aliphatic carbocycles. The average Bonchev–Trinajstić information content (AvgIpc) is 2.54. The van der Waals surface area contributed by atoms with Crippen LogP contribution in [-0.4, -0.2) is 23.8 Å². The zero-order valence-corrected chi connectivity index (χ0v) is 14.2. The number of aliphatic imine (C=N–C) groups is 1. The number of hydrogen-bond donors (Lipinski definition) is 1. The van der Waals surface area contributed by atoms with Crippen molar-refractivity contribution in [3.8, 4) is 0 Å². The van der Waals surface area contributed by atoms with E-state index in [0.29, 0.717) is 23.8 Å². The molecular weight excluding hydrogens is 312 g/mol. The Hall–Kier alpha value is -1.39. The molecular formula is C18H23ClN2O2. The monoisotopic (exact) mass is 334 g/mol. The van der Waals surface area contributed by atoms with Crippen LogP contribution < -0.4 is 5.73 Å². The summed E-state index contributed by atoms with van der Waals surface area (Å²) in [6, 6.07) is 7.64. The highest BCUT2D eigenvalue weighted by atomic mass is 35.5. The molecule has 1 aliphatic heterocycles. The third-order valence-corrected chi connectivity index (χ3v) is 5.20. The van der Waals surface area contributed by atoms with Crippen molar-refractivity contribution in [2.24, 2.45) is 10.7 Å². The van der Waals surface area contributed by atoms with Crippen LogP contribution in [0.1, 0.15) is 51.0 Å². The normalized spacial score (nSPS) is 28.0. The third kappa shape index (κ3) is 3.02. The maximum absolute atomic E-state index is 12.9. The quantitative estimate of drug-likeness (QED) is 0.894. The van der Waals surface area contributed by atoms with Crippen molar-refractivity contribution in [2.75, 3.05) is 0 Å². The molecule has 0 radical (unpaired) electrons. The highest BCUT2D eigenvalue weighted by Gasteiger charge is 2.51. The van der Waals surface area contributed by atoms with E-state index < -0.39 is 11.6 Å². The second kappa shape index (κ2) is 6.62. The fourth-order valence-corrected chi connectivity index (χ4v) is 3.73. The Morgan fingerprint density at radius 2 is 2.26 bits per heavy atom. The summed E-state index contributed by atoms with van der Waals surface area (Å²) in [5, 5.41) is 0.594. The van der Waals surface area contributed by atoms with Gasteiger partial charge in [-0.3, -0.25) is 4.79 Å². The molecule has 3 rings (SSSR count).